The molecular weight excluding hydrogens is 466 g/mol. The minimum Gasteiger partial charge on any atom is -0.465 e. The molecule has 33 heavy (non-hydrogen) atoms. The van der Waals surface area contributed by atoms with Crippen LogP contribution >= 0.6 is 22.9 Å². The van der Waals surface area contributed by atoms with E-state index < -0.39 is 29.9 Å². The average molecular weight is 490 g/mol. The molecule has 3 heterocycles. The first-order valence-corrected chi connectivity index (χ1v) is 11.8. The van der Waals surface area contributed by atoms with Gasteiger partial charge in [-0.1, -0.05) is 38.4 Å². The van der Waals surface area contributed by atoms with Crippen LogP contribution in [0.3, 0.4) is 0 Å². The van der Waals surface area contributed by atoms with Gasteiger partial charge < -0.3 is 15.3 Å². The third kappa shape index (κ3) is 4.22. The van der Waals surface area contributed by atoms with Crippen LogP contribution in [0.15, 0.2) is 30.3 Å². The maximum Gasteiger partial charge on any atom is 0.407 e. The number of nitrogens with zero attached hydrogens (tertiary/aromatic N) is 2. The van der Waals surface area contributed by atoms with Gasteiger partial charge >= 0.3 is 6.09 Å². The van der Waals surface area contributed by atoms with E-state index in [0.29, 0.717) is 22.1 Å². The number of likely N-dealkylation sites (tertiary alicyclic amines) is 1. The van der Waals surface area contributed by atoms with Crippen LogP contribution in [0.2, 0.25) is 4.34 Å². The Hall–Kier alpha value is -2.91. The van der Waals surface area contributed by atoms with Crippen LogP contribution in [0, 0.1) is 5.41 Å². The van der Waals surface area contributed by atoms with Crippen LogP contribution < -0.4 is 5.32 Å². The lowest BCUT2D eigenvalue weighted by Crippen LogP contribution is -2.56. The number of hydrogen-bond donors (Lipinski definition) is 2. The highest BCUT2D eigenvalue weighted by atomic mass is 35.5. The first-order chi connectivity index (χ1) is 15.5. The smallest absolute Gasteiger partial charge is 0.407 e. The molecule has 1 saturated heterocycles. The summed E-state index contributed by atoms with van der Waals surface area (Å²) < 4.78 is 0.469. The highest BCUT2D eigenvalue weighted by Crippen LogP contribution is 2.38. The SMILES string of the molecule is CC(C)(C)C1CC(N2C(=O)c3cccc(NC(=O)c4ccc(Cl)s4)c3C2=O)CCN1C(=O)O. The first-order valence-electron chi connectivity index (χ1n) is 10.6. The van der Waals surface area contributed by atoms with Crippen molar-refractivity contribution in [2.45, 2.75) is 45.7 Å². The summed E-state index contributed by atoms with van der Waals surface area (Å²) in [5.41, 5.74) is 0.288. The Morgan fingerprint density at radius 3 is 2.48 bits per heavy atom. The molecule has 0 bridgehead atoms. The number of benzene rings is 1. The lowest BCUT2D eigenvalue weighted by molar-refractivity contribution is 0.0210. The van der Waals surface area contributed by atoms with E-state index in [-0.39, 0.29) is 34.8 Å². The van der Waals surface area contributed by atoms with Crippen LogP contribution in [0.4, 0.5) is 10.5 Å². The molecule has 0 spiro atoms. The van der Waals surface area contributed by atoms with Crippen molar-refractivity contribution < 1.29 is 24.3 Å². The van der Waals surface area contributed by atoms with Crippen LogP contribution in [-0.2, 0) is 0 Å². The monoisotopic (exact) mass is 489 g/mol. The number of carbonyl (C=O) groups is 4. The Labute approximate surface area is 200 Å². The molecule has 4 rings (SSSR count). The van der Waals surface area contributed by atoms with Crippen LogP contribution in [-0.4, -0.2) is 57.3 Å². The van der Waals surface area contributed by atoms with Crippen molar-refractivity contribution in [1.82, 2.24) is 9.80 Å². The van der Waals surface area contributed by atoms with E-state index in [2.05, 4.69) is 5.32 Å². The van der Waals surface area contributed by atoms with Gasteiger partial charge in [0.2, 0.25) is 0 Å². The lowest BCUT2D eigenvalue weighted by Gasteiger charge is -2.46. The van der Waals surface area contributed by atoms with Crippen LogP contribution in [0.25, 0.3) is 0 Å². The zero-order chi connectivity index (χ0) is 24.1. The maximum atomic E-state index is 13.4. The summed E-state index contributed by atoms with van der Waals surface area (Å²) in [6.45, 7) is 6.08. The standard InChI is InChI=1S/C23H24ClN3O5S/c1-23(2,3)16-11-12(9-10-26(16)22(31)32)27-20(29)13-5-4-6-14(18(13)21(27)30)25-19(28)15-7-8-17(24)33-15/h4-8,12,16H,9-11H2,1-3H3,(H,25,28)(H,31,32). The summed E-state index contributed by atoms with van der Waals surface area (Å²) in [5.74, 6) is -1.31. The van der Waals surface area contributed by atoms with Gasteiger partial charge in [-0.2, -0.15) is 0 Å². The molecule has 174 valence electrons. The number of fused-ring (bicyclic) bond motifs is 1. The van der Waals surface area contributed by atoms with Gasteiger partial charge in [-0.15, -0.1) is 11.3 Å². The Kier molecular flexibility index (Phi) is 5.96. The molecule has 2 aliphatic rings. The zero-order valence-corrected chi connectivity index (χ0v) is 20.0. The van der Waals surface area contributed by atoms with E-state index in [0.717, 1.165) is 11.3 Å². The van der Waals surface area contributed by atoms with Crippen molar-refractivity contribution >= 4 is 52.4 Å². The van der Waals surface area contributed by atoms with Crippen molar-refractivity contribution in [2.24, 2.45) is 5.41 Å². The molecule has 2 unspecified atom stereocenters. The number of nitrogens with one attached hydrogen (secondary N) is 1. The molecule has 0 saturated carbocycles. The minimum absolute atomic E-state index is 0.159. The van der Waals surface area contributed by atoms with E-state index in [1.165, 1.54) is 9.80 Å². The number of carbonyl (C=O) groups excluding carboxylic acids is 3. The molecule has 0 radical (unpaired) electrons. The van der Waals surface area contributed by atoms with Gasteiger partial charge in [0.25, 0.3) is 17.7 Å². The van der Waals surface area contributed by atoms with Gasteiger partial charge in [0.05, 0.1) is 26.0 Å². The van der Waals surface area contributed by atoms with Crippen molar-refractivity contribution in [3.63, 3.8) is 0 Å². The molecule has 2 N–H and O–H groups in total. The molecule has 2 aliphatic heterocycles. The second-order valence-corrected chi connectivity index (χ2v) is 11.0. The van der Waals surface area contributed by atoms with Crippen molar-refractivity contribution in [3.05, 3.63) is 50.7 Å². The highest BCUT2D eigenvalue weighted by molar-refractivity contribution is 7.18. The molecule has 0 aliphatic carbocycles. The molecule has 1 aromatic heterocycles. The minimum atomic E-state index is -1.01. The van der Waals surface area contributed by atoms with Gasteiger partial charge in [0.15, 0.2) is 0 Å². The van der Waals surface area contributed by atoms with E-state index in [1.807, 2.05) is 20.8 Å². The maximum absolute atomic E-state index is 13.4. The molecular formula is C23H24ClN3O5S. The lowest BCUT2D eigenvalue weighted by atomic mass is 9.79. The summed E-state index contributed by atoms with van der Waals surface area (Å²) in [6.07, 6.45) is -0.287. The number of piperidine rings is 1. The van der Waals surface area contributed by atoms with Crippen molar-refractivity contribution in [1.29, 1.82) is 0 Å². The number of anilines is 1. The molecule has 1 aromatic carbocycles. The fraction of sp³-hybridized carbons (Fsp3) is 0.391. The molecule has 4 amide bonds. The average Bonchev–Trinajstić information content (AvgIpc) is 3.29. The normalized spacial score (nSPS) is 20.7. The number of carboxylic acid groups (broad SMARTS) is 1. The third-order valence-corrected chi connectivity index (χ3v) is 7.41. The van der Waals surface area contributed by atoms with E-state index in [9.17, 15) is 24.3 Å². The quantitative estimate of drug-likeness (QED) is 0.602. The Morgan fingerprint density at radius 1 is 1.15 bits per heavy atom. The van der Waals surface area contributed by atoms with Gasteiger partial charge in [-0.25, -0.2) is 4.79 Å². The number of amides is 4. The molecule has 2 atom stereocenters. The van der Waals surface area contributed by atoms with Gasteiger partial charge in [0.1, 0.15) is 0 Å². The predicted molar refractivity (Wildman–Crippen MR) is 125 cm³/mol. The second kappa shape index (κ2) is 8.46. The third-order valence-electron chi connectivity index (χ3n) is 6.18. The van der Waals surface area contributed by atoms with Crippen LogP contribution in [0.1, 0.15) is 64.0 Å². The van der Waals surface area contributed by atoms with E-state index in [1.54, 1.807) is 30.3 Å². The number of rotatable bonds is 3. The summed E-state index contributed by atoms with van der Waals surface area (Å²) >= 11 is 7.03. The largest absolute Gasteiger partial charge is 0.465 e. The summed E-state index contributed by atoms with van der Waals surface area (Å²) in [4.78, 5) is 54.0. The second-order valence-electron chi connectivity index (χ2n) is 9.30. The highest BCUT2D eigenvalue weighted by Gasteiger charge is 2.47. The Balaban J connectivity index is 1.61. The van der Waals surface area contributed by atoms with Gasteiger partial charge in [-0.05, 0) is 42.5 Å². The van der Waals surface area contributed by atoms with Gasteiger partial charge in [-0.3, -0.25) is 19.3 Å². The first kappa shape index (κ1) is 23.3. The molecule has 10 heteroatoms. The number of halogens is 1. The Bertz CT molecular complexity index is 1160. The molecule has 1 fully saturated rings. The fourth-order valence-corrected chi connectivity index (χ4v) is 5.53. The summed E-state index contributed by atoms with van der Waals surface area (Å²) in [7, 11) is 0. The zero-order valence-electron chi connectivity index (χ0n) is 18.4. The van der Waals surface area contributed by atoms with E-state index >= 15 is 0 Å². The van der Waals surface area contributed by atoms with Crippen molar-refractivity contribution in [3.8, 4) is 0 Å². The number of imide groups is 1. The number of hydrogen-bond acceptors (Lipinski definition) is 5. The summed E-state index contributed by atoms with van der Waals surface area (Å²) in [6, 6.07) is 7.20. The number of thiophene rings is 1. The van der Waals surface area contributed by atoms with Crippen LogP contribution in [0.5, 0.6) is 0 Å². The van der Waals surface area contributed by atoms with Crippen molar-refractivity contribution in [2.75, 3.05) is 11.9 Å². The fourth-order valence-electron chi connectivity index (χ4n) is 4.59. The molecule has 2 aromatic rings. The van der Waals surface area contributed by atoms with E-state index in [4.69, 9.17) is 11.6 Å². The predicted octanol–water partition coefficient (Wildman–Crippen LogP) is 4.81. The van der Waals surface area contributed by atoms with Gasteiger partial charge in [0, 0.05) is 18.6 Å². The summed E-state index contributed by atoms with van der Waals surface area (Å²) in [5, 5.41) is 12.3. The Morgan fingerprint density at radius 2 is 1.88 bits per heavy atom. The molecule has 8 nitrogen and oxygen atoms in total. The topological polar surface area (TPSA) is 107 Å².